The van der Waals surface area contributed by atoms with E-state index in [0.29, 0.717) is 24.2 Å². The second-order valence-corrected chi connectivity index (χ2v) is 7.57. The summed E-state index contributed by atoms with van der Waals surface area (Å²) in [6.45, 7) is 5.56. The summed E-state index contributed by atoms with van der Waals surface area (Å²) >= 11 is 0. The molecule has 1 N–H and O–H groups in total. The van der Waals surface area contributed by atoms with E-state index in [1.54, 1.807) is 21.0 Å². The lowest BCUT2D eigenvalue weighted by molar-refractivity contribution is -0.144. The van der Waals surface area contributed by atoms with Crippen LogP contribution in [0.2, 0.25) is 0 Å². The lowest BCUT2D eigenvalue weighted by Crippen LogP contribution is -2.49. The number of rotatable bonds is 4. The maximum absolute atomic E-state index is 12.9. The van der Waals surface area contributed by atoms with Crippen LogP contribution in [0.1, 0.15) is 50.7 Å². The summed E-state index contributed by atoms with van der Waals surface area (Å²) in [5.74, 6) is -0.244. The first-order valence-corrected chi connectivity index (χ1v) is 9.25. The zero-order valence-corrected chi connectivity index (χ0v) is 15.9. The molecule has 3 rings (SSSR count). The third-order valence-electron chi connectivity index (χ3n) is 5.45. The Kier molecular flexibility index (Phi) is 5.19. The minimum atomic E-state index is -0.617. The Morgan fingerprint density at radius 2 is 1.88 bits per heavy atom. The van der Waals surface area contributed by atoms with Crippen molar-refractivity contribution >= 4 is 17.4 Å². The molecule has 26 heavy (non-hydrogen) atoms. The largest absolute Gasteiger partial charge is 0.427 e. The molecule has 2 aliphatic rings. The molecule has 1 aromatic rings. The molecule has 1 saturated carbocycles. The topological polar surface area (TPSA) is 64.6 Å². The van der Waals surface area contributed by atoms with Gasteiger partial charge in [-0.3, -0.25) is 9.59 Å². The average molecular weight is 357 g/mol. The highest BCUT2D eigenvalue weighted by Gasteiger charge is 2.50. The van der Waals surface area contributed by atoms with Crippen LogP contribution in [0.25, 0.3) is 5.57 Å². The number of carbonyl (C=O) groups excluding carboxylic acids is 2. The van der Waals surface area contributed by atoms with Gasteiger partial charge in [0.05, 0.1) is 23.1 Å². The van der Waals surface area contributed by atoms with E-state index in [2.05, 4.69) is 5.32 Å². The van der Waals surface area contributed by atoms with Gasteiger partial charge in [-0.15, -0.1) is 0 Å². The monoisotopic (exact) mass is 357 g/mol. The SMILES string of the molecule is COC1CCC2(CC1)NC(=O)C(c1ccccc1C)=C2OC(=O)C(C)C. The van der Waals surface area contributed by atoms with Gasteiger partial charge in [-0.25, -0.2) is 0 Å². The van der Waals surface area contributed by atoms with Crippen LogP contribution in [0.3, 0.4) is 0 Å². The molecule has 140 valence electrons. The molecular formula is C21H27NO4. The van der Waals surface area contributed by atoms with Gasteiger partial charge in [0.2, 0.25) is 0 Å². The first kappa shape index (κ1) is 18.6. The number of ether oxygens (including phenoxy) is 2. The normalized spacial score (nSPS) is 25.7. The molecule has 1 heterocycles. The third-order valence-corrected chi connectivity index (χ3v) is 5.45. The van der Waals surface area contributed by atoms with Crippen LogP contribution >= 0.6 is 0 Å². The molecule has 0 saturated heterocycles. The van der Waals surface area contributed by atoms with Crippen LogP contribution in [-0.4, -0.2) is 30.6 Å². The highest BCUT2D eigenvalue weighted by atomic mass is 16.5. The second kappa shape index (κ2) is 7.23. The van der Waals surface area contributed by atoms with Crippen molar-refractivity contribution in [2.75, 3.05) is 7.11 Å². The quantitative estimate of drug-likeness (QED) is 0.839. The van der Waals surface area contributed by atoms with Gasteiger partial charge in [0.25, 0.3) is 5.91 Å². The molecule has 1 aliphatic heterocycles. The zero-order chi connectivity index (χ0) is 18.9. The van der Waals surface area contributed by atoms with E-state index in [1.807, 2.05) is 31.2 Å². The van der Waals surface area contributed by atoms with Crippen LogP contribution in [0, 0.1) is 12.8 Å². The average Bonchev–Trinajstić information content (AvgIpc) is 2.87. The Morgan fingerprint density at radius 1 is 1.23 bits per heavy atom. The van der Waals surface area contributed by atoms with Crippen LogP contribution in [-0.2, 0) is 19.1 Å². The minimum Gasteiger partial charge on any atom is -0.427 e. The molecule has 0 aromatic heterocycles. The van der Waals surface area contributed by atoms with Crippen molar-refractivity contribution in [3.63, 3.8) is 0 Å². The van der Waals surface area contributed by atoms with Gasteiger partial charge < -0.3 is 14.8 Å². The van der Waals surface area contributed by atoms with Crippen LogP contribution in [0.5, 0.6) is 0 Å². The molecule has 5 nitrogen and oxygen atoms in total. The molecule has 1 fully saturated rings. The summed E-state index contributed by atoms with van der Waals surface area (Å²) < 4.78 is 11.3. The summed E-state index contributed by atoms with van der Waals surface area (Å²) in [4.78, 5) is 25.3. The van der Waals surface area contributed by atoms with Crippen LogP contribution < -0.4 is 5.32 Å². The maximum atomic E-state index is 12.9. The lowest BCUT2D eigenvalue weighted by Gasteiger charge is -2.38. The summed E-state index contributed by atoms with van der Waals surface area (Å²) in [5.41, 5.74) is 1.68. The molecule has 0 bridgehead atoms. The summed E-state index contributed by atoms with van der Waals surface area (Å²) in [7, 11) is 1.71. The Hall–Kier alpha value is -2.14. The number of nitrogens with one attached hydrogen (secondary N) is 1. The molecule has 1 aromatic carbocycles. The van der Waals surface area contributed by atoms with E-state index in [9.17, 15) is 9.59 Å². The number of aryl methyl sites for hydroxylation is 1. The number of carbonyl (C=O) groups is 2. The summed E-state index contributed by atoms with van der Waals surface area (Å²) in [6.07, 6.45) is 3.23. The van der Waals surface area contributed by atoms with Crippen molar-refractivity contribution < 1.29 is 19.1 Å². The first-order valence-electron chi connectivity index (χ1n) is 9.25. The Balaban J connectivity index is 2.08. The fraction of sp³-hybridized carbons (Fsp3) is 0.524. The highest BCUT2D eigenvalue weighted by Crippen LogP contribution is 2.44. The molecule has 1 spiro atoms. The number of hydrogen-bond acceptors (Lipinski definition) is 4. The van der Waals surface area contributed by atoms with E-state index in [4.69, 9.17) is 9.47 Å². The van der Waals surface area contributed by atoms with Gasteiger partial charge in [0.15, 0.2) is 0 Å². The third kappa shape index (κ3) is 3.28. The van der Waals surface area contributed by atoms with Crippen molar-refractivity contribution in [2.24, 2.45) is 5.92 Å². The number of amides is 1. The van der Waals surface area contributed by atoms with Crippen molar-refractivity contribution in [1.82, 2.24) is 5.32 Å². The van der Waals surface area contributed by atoms with Crippen molar-refractivity contribution in [3.05, 3.63) is 41.2 Å². The van der Waals surface area contributed by atoms with Gasteiger partial charge in [-0.2, -0.15) is 0 Å². The van der Waals surface area contributed by atoms with E-state index < -0.39 is 5.54 Å². The van der Waals surface area contributed by atoms with Crippen LogP contribution in [0.4, 0.5) is 0 Å². The fourth-order valence-corrected chi connectivity index (χ4v) is 3.82. The molecular weight excluding hydrogens is 330 g/mol. The van der Waals surface area contributed by atoms with E-state index >= 15 is 0 Å². The zero-order valence-electron chi connectivity index (χ0n) is 15.9. The number of benzene rings is 1. The predicted molar refractivity (Wildman–Crippen MR) is 99.2 cm³/mol. The standard InChI is InChI=1S/C21H27NO4/c1-13(2)20(24)26-18-17(16-8-6-5-7-14(16)3)19(23)22-21(18)11-9-15(25-4)10-12-21/h5-8,13,15H,9-12H2,1-4H3,(H,22,23). The van der Waals surface area contributed by atoms with Crippen molar-refractivity contribution in [3.8, 4) is 0 Å². The molecule has 1 aliphatic carbocycles. The Morgan fingerprint density at radius 3 is 2.46 bits per heavy atom. The summed E-state index contributed by atoms with van der Waals surface area (Å²) in [6, 6.07) is 7.71. The van der Waals surface area contributed by atoms with Gasteiger partial charge in [0, 0.05) is 7.11 Å². The molecule has 5 heteroatoms. The van der Waals surface area contributed by atoms with Crippen molar-refractivity contribution in [2.45, 2.75) is 58.1 Å². The number of esters is 1. The summed E-state index contributed by atoms with van der Waals surface area (Å²) in [5, 5.41) is 3.14. The minimum absolute atomic E-state index is 0.165. The predicted octanol–water partition coefficient (Wildman–Crippen LogP) is 3.36. The van der Waals surface area contributed by atoms with E-state index in [1.165, 1.54) is 0 Å². The maximum Gasteiger partial charge on any atom is 0.313 e. The molecule has 0 atom stereocenters. The van der Waals surface area contributed by atoms with Gasteiger partial charge in [0.1, 0.15) is 5.76 Å². The molecule has 0 unspecified atom stereocenters. The second-order valence-electron chi connectivity index (χ2n) is 7.57. The first-order chi connectivity index (χ1) is 12.4. The Labute approximate surface area is 154 Å². The lowest BCUT2D eigenvalue weighted by atomic mass is 9.79. The fourth-order valence-electron chi connectivity index (χ4n) is 3.82. The molecule has 1 amide bonds. The van der Waals surface area contributed by atoms with E-state index in [0.717, 1.165) is 24.0 Å². The van der Waals surface area contributed by atoms with Crippen LogP contribution in [0.15, 0.2) is 30.0 Å². The van der Waals surface area contributed by atoms with Crippen molar-refractivity contribution in [1.29, 1.82) is 0 Å². The van der Waals surface area contributed by atoms with Gasteiger partial charge >= 0.3 is 5.97 Å². The smallest absolute Gasteiger partial charge is 0.313 e. The number of hydrogen-bond donors (Lipinski definition) is 1. The van der Waals surface area contributed by atoms with Gasteiger partial charge in [-0.05, 0) is 43.7 Å². The number of methoxy groups -OCH3 is 1. The van der Waals surface area contributed by atoms with Gasteiger partial charge in [-0.1, -0.05) is 38.1 Å². The highest BCUT2D eigenvalue weighted by molar-refractivity contribution is 6.23. The molecule has 0 radical (unpaired) electrons. The Bertz CT molecular complexity index is 742. The van der Waals surface area contributed by atoms with E-state index in [-0.39, 0.29) is 23.9 Å².